The summed E-state index contributed by atoms with van der Waals surface area (Å²) in [6, 6.07) is 8.75. The van der Waals surface area contributed by atoms with Crippen molar-refractivity contribution in [3.63, 3.8) is 0 Å². The van der Waals surface area contributed by atoms with Gasteiger partial charge in [-0.05, 0) is 37.1 Å². The number of rotatable bonds is 6. The highest BCUT2D eigenvalue weighted by atomic mass is 127. The van der Waals surface area contributed by atoms with Crippen molar-refractivity contribution in [1.82, 2.24) is 15.1 Å². The van der Waals surface area contributed by atoms with Crippen LogP contribution in [0.2, 0.25) is 0 Å². The molecule has 0 aliphatic carbocycles. The maximum Gasteiger partial charge on any atom is 0.193 e. The predicted octanol–water partition coefficient (Wildman–Crippen LogP) is 3.33. The molecule has 1 spiro atoms. The van der Waals surface area contributed by atoms with Crippen molar-refractivity contribution < 1.29 is 4.74 Å². The van der Waals surface area contributed by atoms with Gasteiger partial charge in [0, 0.05) is 45.2 Å². The number of benzene rings is 1. The average Bonchev–Trinajstić information content (AvgIpc) is 3.31. The van der Waals surface area contributed by atoms with Crippen molar-refractivity contribution in [2.75, 3.05) is 46.4 Å². The van der Waals surface area contributed by atoms with Crippen LogP contribution in [0.25, 0.3) is 0 Å². The molecule has 2 aliphatic rings. The summed E-state index contributed by atoms with van der Waals surface area (Å²) in [6.07, 6.45) is 2.40. The molecule has 0 bridgehead atoms. The Labute approximate surface area is 181 Å². The lowest BCUT2D eigenvalue weighted by atomic mass is 9.87. The van der Waals surface area contributed by atoms with E-state index in [9.17, 15) is 0 Å². The summed E-state index contributed by atoms with van der Waals surface area (Å²) in [4.78, 5) is 9.40. The van der Waals surface area contributed by atoms with Crippen LogP contribution in [0, 0.1) is 5.41 Å². The molecule has 6 heteroatoms. The summed E-state index contributed by atoms with van der Waals surface area (Å²) >= 11 is 0. The van der Waals surface area contributed by atoms with Crippen LogP contribution in [-0.2, 0) is 17.8 Å². The number of ether oxygens (including phenoxy) is 1. The van der Waals surface area contributed by atoms with Gasteiger partial charge in [-0.2, -0.15) is 0 Å². The van der Waals surface area contributed by atoms with Crippen LogP contribution >= 0.6 is 24.0 Å². The second-order valence-corrected chi connectivity index (χ2v) is 7.61. The Morgan fingerprint density at radius 1 is 1.22 bits per heavy atom. The van der Waals surface area contributed by atoms with E-state index in [-0.39, 0.29) is 24.0 Å². The molecular formula is C21H35IN4O. The lowest BCUT2D eigenvalue weighted by molar-refractivity contribution is 0.156. The van der Waals surface area contributed by atoms with E-state index in [2.05, 4.69) is 58.2 Å². The highest BCUT2D eigenvalue weighted by Crippen LogP contribution is 2.38. The van der Waals surface area contributed by atoms with Gasteiger partial charge >= 0.3 is 0 Å². The first-order valence-corrected chi connectivity index (χ1v) is 10.0. The van der Waals surface area contributed by atoms with Gasteiger partial charge in [-0.25, -0.2) is 0 Å². The van der Waals surface area contributed by atoms with Gasteiger partial charge in [-0.1, -0.05) is 38.1 Å². The fourth-order valence-corrected chi connectivity index (χ4v) is 4.17. The zero-order valence-corrected chi connectivity index (χ0v) is 19.4. The monoisotopic (exact) mass is 486 g/mol. The minimum absolute atomic E-state index is 0. The zero-order valence-electron chi connectivity index (χ0n) is 17.0. The molecule has 152 valence electrons. The standard InChI is InChI=1S/C21H34N4O.HI/c1-4-24(5-2)15-19-9-7-6-8-18(19)14-23-20(22-3)25-12-10-21(16-25)11-13-26-17-21;/h6-9H,4-5,10-17H2,1-3H3,(H,22,23);1H. The Hall–Kier alpha value is -0.860. The second kappa shape index (κ2) is 10.6. The third kappa shape index (κ3) is 5.57. The topological polar surface area (TPSA) is 40.1 Å². The Kier molecular flexibility index (Phi) is 8.82. The third-order valence-corrected chi connectivity index (χ3v) is 5.98. The highest BCUT2D eigenvalue weighted by Gasteiger charge is 2.42. The molecule has 27 heavy (non-hydrogen) atoms. The molecule has 5 nitrogen and oxygen atoms in total. The van der Waals surface area contributed by atoms with Crippen LogP contribution < -0.4 is 5.32 Å². The normalized spacial score (nSPS) is 22.5. The first kappa shape index (κ1) is 22.4. The van der Waals surface area contributed by atoms with Crippen LogP contribution in [-0.4, -0.2) is 62.2 Å². The van der Waals surface area contributed by atoms with E-state index in [0.717, 1.165) is 58.4 Å². The maximum absolute atomic E-state index is 5.66. The van der Waals surface area contributed by atoms with E-state index in [1.807, 2.05) is 7.05 Å². The summed E-state index contributed by atoms with van der Waals surface area (Å²) in [5, 5.41) is 3.60. The number of likely N-dealkylation sites (tertiary alicyclic amines) is 1. The van der Waals surface area contributed by atoms with Crippen molar-refractivity contribution in [3.8, 4) is 0 Å². The largest absolute Gasteiger partial charge is 0.381 e. The van der Waals surface area contributed by atoms with Crippen molar-refractivity contribution in [3.05, 3.63) is 35.4 Å². The summed E-state index contributed by atoms with van der Waals surface area (Å²) in [6.45, 7) is 12.4. The quantitative estimate of drug-likeness (QED) is 0.381. The van der Waals surface area contributed by atoms with Gasteiger partial charge in [0.15, 0.2) is 5.96 Å². The van der Waals surface area contributed by atoms with Crippen molar-refractivity contribution in [2.45, 2.75) is 39.8 Å². The van der Waals surface area contributed by atoms with Crippen LogP contribution in [0.15, 0.2) is 29.3 Å². The third-order valence-electron chi connectivity index (χ3n) is 5.98. The van der Waals surface area contributed by atoms with E-state index < -0.39 is 0 Å². The van der Waals surface area contributed by atoms with Gasteiger partial charge in [-0.15, -0.1) is 24.0 Å². The van der Waals surface area contributed by atoms with Gasteiger partial charge in [0.05, 0.1) is 6.61 Å². The number of halogens is 1. The summed E-state index contributed by atoms with van der Waals surface area (Å²) in [7, 11) is 1.89. The van der Waals surface area contributed by atoms with Crippen LogP contribution in [0.5, 0.6) is 0 Å². The Bertz CT molecular complexity index is 612. The lowest BCUT2D eigenvalue weighted by Crippen LogP contribution is -2.41. The van der Waals surface area contributed by atoms with E-state index >= 15 is 0 Å². The molecule has 0 radical (unpaired) electrons. The van der Waals surface area contributed by atoms with Crippen molar-refractivity contribution >= 4 is 29.9 Å². The number of hydrogen-bond donors (Lipinski definition) is 1. The van der Waals surface area contributed by atoms with E-state index in [0.29, 0.717) is 5.41 Å². The molecule has 2 saturated heterocycles. The summed E-state index contributed by atoms with van der Waals surface area (Å²) < 4.78 is 5.66. The number of aliphatic imine (C=N–C) groups is 1. The fraction of sp³-hybridized carbons (Fsp3) is 0.667. The first-order chi connectivity index (χ1) is 12.7. The van der Waals surface area contributed by atoms with Gasteiger partial charge < -0.3 is 15.0 Å². The van der Waals surface area contributed by atoms with Gasteiger partial charge in [0.1, 0.15) is 0 Å². The molecule has 2 aliphatic heterocycles. The molecule has 1 aromatic rings. The minimum Gasteiger partial charge on any atom is -0.381 e. The molecule has 0 saturated carbocycles. The molecule has 0 aromatic heterocycles. The van der Waals surface area contributed by atoms with Crippen molar-refractivity contribution in [1.29, 1.82) is 0 Å². The Morgan fingerprint density at radius 3 is 2.59 bits per heavy atom. The zero-order chi connectivity index (χ0) is 18.4. The molecule has 2 heterocycles. The molecule has 1 aromatic carbocycles. The Balaban J connectivity index is 0.00000261. The maximum atomic E-state index is 5.66. The van der Waals surface area contributed by atoms with Gasteiger partial charge in [0.25, 0.3) is 0 Å². The average molecular weight is 486 g/mol. The Morgan fingerprint density at radius 2 is 1.96 bits per heavy atom. The molecule has 0 amide bonds. The van der Waals surface area contributed by atoms with Gasteiger partial charge in [-0.3, -0.25) is 9.89 Å². The summed E-state index contributed by atoms with van der Waals surface area (Å²) in [5.74, 6) is 1.02. The minimum atomic E-state index is 0. The number of guanidine groups is 1. The van der Waals surface area contributed by atoms with Crippen LogP contribution in [0.1, 0.15) is 37.8 Å². The van der Waals surface area contributed by atoms with E-state index in [1.165, 1.54) is 24.0 Å². The molecule has 1 N–H and O–H groups in total. The van der Waals surface area contributed by atoms with E-state index in [4.69, 9.17) is 4.74 Å². The molecule has 3 rings (SSSR count). The van der Waals surface area contributed by atoms with E-state index in [1.54, 1.807) is 0 Å². The second-order valence-electron chi connectivity index (χ2n) is 7.61. The number of nitrogens with one attached hydrogen (secondary N) is 1. The number of nitrogens with zero attached hydrogens (tertiary/aromatic N) is 3. The number of hydrogen-bond acceptors (Lipinski definition) is 3. The molecule has 1 unspecified atom stereocenters. The summed E-state index contributed by atoms with van der Waals surface area (Å²) in [5.41, 5.74) is 3.12. The predicted molar refractivity (Wildman–Crippen MR) is 123 cm³/mol. The van der Waals surface area contributed by atoms with Crippen molar-refractivity contribution in [2.24, 2.45) is 10.4 Å². The van der Waals surface area contributed by atoms with Crippen LogP contribution in [0.3, 0.4) is 0 Å². The van der Waals surface area contributed by atoms with Gasteiger partial charge in [0.2, 0.25) is 0 Å². The molecule has 2 fully saturated rings. The molecular weight excluding hydrogens is 451 g/mol. The molecule has 1 atom stereocenters. The fourth-order valence-electron chi connectivity index (χ4n) is 4.17. The van der Waals surface area contributed by atoms with Crippen LogP contribution in [0.4, 0.5) is 0 Å². The lowest BCUT2D eigenvalue weighted by Gasteiger charge is -2.25. The smallest absolute Gasteiger partial charge is 0.193 e. The SMILES string of the molecule is CCN(CC)Cc1ccccc1CNC(=NC)N1CCC2(CCOC2)C1.I. The highest BCUT2D eigenvalue weighted by molar-refractivity contribution is 14.0. The first-order valence-electron chi connectivity index (χ1n) is 10.0.